The molecule has 1 aliphatic carbocycles. The highest BCUT2D eigenvalue weighted by atomic mass is 127. The van der Waals surface area contributed by atoms with Gasteiger partial charge >= 0.3 is 6.61 Å². The summed E-state index contributed by atoms with van der Waals surface area (Å²) in [6.07, 6.45) is 7.29. The largest absolute Gasteiger partial charge is 0.434 e. The predicted molar refractivity (Wildman–Crippen MR) is 121 cm³/mol. The summed E-state index contributed by atoms with van der Waals surface area (Å²) in [6.45, 7) is -0.561. The Morgan fingerprint density at radius 1 is 1.20 bits per heavy atom. The number of rotatable bonds is 7. The van der Waals surface area contributed by atoms with Crippen LogP contribution in [0.15, 0.2) is 23.2 Å². The average Bonchev–Trinajstić information content (AvgIpc) is 3.23. The monoisotopic (exact) mass is 541 g/mol. The maximum atomic E-state index is 14.1. The van der Waals surface area contributed by atoms with Crippen molar-refractivity contribution in [2.45, 2.75) is 57.8 Å². The van der Waals surface area contributed by atoms with E-state index in [0.717, 1.165) is 32.5 Å². The number of benzene rings is 1. The van der Waals surface area contributed by atoms with Crippen LogP contribution in [-0.2, 0) is 11.3 Å². The molecule has 3 rings (SSSR count). The van der Waals surface area contributed by atoms with E-state index in [2.05, 4.69) is 19.9 Å². The third-order valence-electron chi connectivity index (χ3n) is 5.71. The molecule has 0 bridgehead atoms. The van der Waals surface area contributed by atoms with Gasteiger partial charge in [-0.3, -0.25) is 4.99 Å². The second kappa shape index (κ2) is 12.6. The zero-order valence-corrected chi connectivity index (χ0v) is 19.6. The Bertz CT molecular complexity index is 679. The van der Waals surface area contributed by atoms with Crippen LogP contribution in [0.5, 0.6) is 5.75 Å². The molecule has 1 saturated carbocycles. The van der Waals surface area contributed by atoms with Gasteiger partial charge in [-0.25, -0.2) is 4.39 Å². The molecule has 0 radical (unpaired) electrons. The Labute approximate surface area is 193 Å². The topological polar surface area (TPSA) is 46.1 Å². The summed E-state index contributed by atoms with van der Waals surface area (Å²) in [5.41, 5.74) is 0.0590. The Morgan fingerprint density at radius 3 is 2.53 bits per heavy atom. The Balaban J connectivity index is 0.00000320. The minimum Gasteiger partial charge on any atom is -0.434 e. The highest BCUT2D eigenvalue weighted by Crippen LogP contribution is 2.26. The van der Waals surface area contributed by atoms with Crippen molar-refractivity contribution in [2.24, 2.45) is 10.9 Å². The summed E-state index contributed by atoms with van der Waals surface area (Å²) in [5, 5.41) is 3.07. The first-order valence-electron chi connectivity index (χ1n) is 10.4. The van der Waals surface area contributed by atoms with Crippen LogP contribution < -0.4 is 10.1 Å². The highest BCUT2D eigenvalue weighted by molar-refractivity contribution is 14.0. The van der Waals surface area contributed by atoms with Gasteiger partial charge in [-0.05, 0) is 43.7 Å². The van der Waals surface area contributed by atoms with Crippen LogP contribution in [0.4, 0.5) is 13.2 Å². The molecule has 30 heavy (non-hydrogen) atoms. The fourth-order valence-corrected chi connectivity index (χ4v) is 4.10. The van der Waals surface area contributed by atoms with Crippen LogP contribution in [0.1, 0.15) is 44.1 Å². The van der Waals surface area contributed by atoms with Gasteiger partial charge in [-0.1, -0.05) is 18.9 Å². The van der Waals surface area contributed by atoms with E-state index >= 15 is 0 Å². The Hall–Kier alpha value is -1.23. The molecule has 0 atom stereocenters. The number of guanidine groups is 1. The lowest BCUT2D eigenvalue weighted by Gasteiger charge is -2.34. The molecule has 0 amide bonds. The van der Waals surface area contributed by atoms with Crippen LogP contribution in [0.25, 0.3) is 0 Å². The van der Waals surface area contributed by atoms with E-state index in [1.54, 1.807) is 7.05 Å². The van der Waals surface area contributed by atoms with Crippen molar-refractivity contribution >= 4 is 29.9 Å². The van der Waals surface area contributed by atoms with Crippen molar-refractivity contribution in [1.29, 1.82) is 0 Å². The molecular formula is C21H31F3IN3O2. The zero-order chi connectivity index (χ0) is 20.6. The number of piperidine rings is 1. The van der Waals surface area contributed by atoms with Gasteiger partial charge in [0.25, 0.3) is 0 Å². The van der Waals surface area contributed by atoms with Gasteiger partial charge in [0.1, 0.15) is 11.6 Å². The molecule has 1 heterocycles. The SMILES string of the molecule is CN=C(NCc1c(F)cccc1OC(F)F)N1CCC(OCC2CCCC2)CC1.I. The minimum atomic E-state index is -3.00. The van der Waals surface area contributed by atoms with E-state index in [9.17, 15) is 13.2 Å². The summed E-state index contributed by atoms with van der Waals surface area (Å²) >= 11 is 0. The number of halogens is 4. The molecule has 9 heteroatoms. The predicted octanol–water partition coefficient (Wildman–Crippen LogP) is 4.79. The third-order valence-corrected chi connectivity index (χ3v) is 5.71. The molecule has 170 valence electrons. The van der Waals surface area contributed by atoms with Gasteiger partial charge < -0.3 is 19.7 Å². The van der Waals surface area contributed by atoms with Crippen molar-refractivity contribution in [3.8, 4) is 5.75 Å². The molecule has 0 aromatic heterocycles. The maximum Gasteiger partial charge on any atom is 0.387 e. The van der Waals surface area contributed by atoms with Crippen LogP contribution >= 0.6 is 24.0 Å². The summed E-state index contributed by atoms with van der Waals surface area (Å²) in [4.78, 5) is 6.35. The minimum absolute atomic E-state index is 0. The van der Waals surface area contributed by atoms with Crippen LogP contribution in [0.3, 0.4) is 0 Å². The summed E-state index contributed by atoms with van der Waals surface area (Å²) < 4.78 is 49.8. The van der Waals surface area contributed by atoms with E-state index < -0.39 is 12.4 Å². The van der Waals surface area contributed by atoms with Crippen molar-refractivity contribution < 1.29 is 22.6 Å². The quantitative estimate of drug-likeness (QED) is 0.307. The molecular weight excluding hydrogens is 510 g/mol. The fraction of sp³-hybridized carbons (Fsp3) is 0.667. The number of nitrogens with zero attached hydrogens (tertiary/aromatic N) is 2. The molecule has 0 unspecified atom stereocenters. The normalized spacial score (nSPS) is 18.6. The first-order valence-corrected chi connectivity index (χ1v) is 10.4. The van der Waals surface area contributed by atoms with E-state index in [0.29, 0.717) is 11.9 Å². The van der Waals surface area contributed by atoms with Crippen molar-refractivity contribution in [1.82, 2.24) is 10.2 Å². The molecule has 1 aliphatic heterocycles. The van der Waals surface area contributed by atoms with Crippen molar-refractivity contribution in [3.63, 3.8) is 0 Å². The molecule has 1 N–H and O–H groups in total. The lowest BCUT2D eigenvalue weighted by molar-refractivity contribution is -0.0506. The number of hydrogen-bond acceptors (Lipinski definition) is 3. The first kappa shape index (κ1) is 25.0. The lowest BCUT2D eigenvalue weighted by Crippen LogP contribution is -2.47. The first-order chi connectivity index (χ1) is 14.1. The molecule has 1 saturated heterocycles. The van der Waals surface area contributed by atoms with Gasteiger partial charge in [0, 0.05) is 38.9 Å². The molecule has 1 aromatic carbocycles. The van der Waals surface area contributed by atoms with Crippen molar-refractivity contribution in [2.75, 3.05) is 26.7 Å². The molecule has 2 fully saturated rings. The van der Waals surface area contributed by atoms with Gasteiger partial charge in [0.05, 0.1) is 6.10 Å². The number of nitrogens with one attached hydrogen (secondary N) is 1. The number of alkyl halides is 2. The number of hydrogen-bond donors (Lipinski definition) is 1. The molecule has 1 aromatic rings. The lowest BCUT2D eigenvalue weighted by atomic mass is 10.1. The second-order valence-corrected chi connectivity index (χ2v) is 7.67. The smallest absolute Gasteiger partial charge is 0.387 e. The number of likely N-dealkylation sites (tertiary alicyclic amines) is 1. The third kappa shape index (κ3) is 7.18. The van der Waals surface area contributed by atoms with Crippen LogP contribution in [0, 0.1) is 11.7 Å². The summed E-state index contributed by atoms with van der Waals surface area (Å²) in [7, 11) is 1.66. The van der Waals surface area contributed by atoms with Gasteiger partial charge in [0.15, 0.2) is 5.96 Å². The van der Waals surface area contributed by atoms with Crippen molar-refractivity contribution in [3.05, 3.63) is 29.6 Å². The second-order valence-electron chi connectivity index (χ2n) is 7.67. The molecule has 2 aliphatic rings. The summed E-state index contributed by atoms with van der Waals surface area (Å²) in [6, 6.07) is 3.91. The highest BCUT2D eigenvalue weighted by Gasteiger charge is 2.24. The van der Waals surface area contributed by atoms with E-state index in [4.69, 9.17) is 4.74 Å². The molecule has 5 nitrogen and oxygen atoms in total. The Kier molecular flexibility index (Phi) is 10.5. The maximum absolute atomic E-state index is 14.1. The van der Waals surface area contributed by atoms with Gasteiger partial charge in [-0.15, -0.1) is 24.0 Å². The molecule has 0 spiro atoms. The zero-order valence-electron chi connectivity index (χ0n) is 17.3. The van der Waals surface area contributed by atoms with E-state index in [1.807, 2.05) is 0 Å². The van der Waals surface area contributed by atoms with E-state index in [-0.39, 0.29) is 47.9 Å². The van der Waals surface area contributed by atoms with Gasteiger partial charge in [-0.2, -0.15) is 8.78 Å². The fourth-order valence-electron chi connectivity index (χ4n) is 4.10. The standard InChI is InChI=1S/C21H30F3N3O2.HI/c1-25-21(26-13-17-18(22)7-4-8-19(17)29-20(23)24)27-11-9-16(10-12-27)28-14-15-5-2-3-6-15;/h4,7-8,15-16,20H,2-3,5-6,9-14H2,1H3,(H,25,26);1H. The average molecular weight is 541 g/mol. The number of aliphatic imine (C=N–C) groups is 1. The number of ether oxygens (including phenoxy) is 2. The summed E-state index contributed by atoms with van der Waals surface area (Å²) in [5.74, 6) is 0.575. The van der Waals surface area contributed by atoms with Gasteiger partial charge in [0.2, 0.25) is 0 Å². The van der Waals surface area contributed by atoms with E-state index in [1.165, 1.54) is 43.9 Å². The van der Waals surface area contributed by atoms with Crippen LogP contribution in [-0.4, -0.2) is 50.3 Å². The Morgan fingerprint density at radius 2 is 1.90 bits per heavy atom. The van der Waals surface area contributed by atoms with Crippen LogP contribution in [0.2, 0.25) is 0 Å².